The summed E-state index contributed by atoms with van der Waals surface area (Å²) >= 11 is 0. The number of carbonyl (C=O) groups is 1. The van der Waals surface area contributed by atoms with Crippen molar-refractivity contribution in [3.8, 4) is 0 Å². The van der Waals surface area contributed by atoms with Gasteiger partial charge in [-0.15, -0.1) is 0 Å². The van der Waals surface area contributed by atoms with Gasteiger partial charge in [-0.05, 0) is 6.42 Å². The Balaban J connectivity index is 2.64. The first kappa shape index (κ1) is 8.46. The van der Waals surface area contributed by atoms with Gasteiger partial charge in [-0.3, -0.25) is 9.00 Å². The molecule has 0 fully saturated rings. The average molecular weight is 174 g/mol. The number of esters is 1. The SMILES string of the molecule is COC(=O)C1CC=CCS1=O. The van der Waals surface area contributed by atoms with E-state index < -0.39 is 16.0 Å². The number of allylic oxidation sites excluding steroid dienone is 1. The second-order valence-corrected chi connectivity index (χ2v) is 3.93. The summed E-state index contributed by atoms with van der Waals surface area (Å²) in [6.07, 6.45) is 4.23. The fourth-order valence-electron chi connectivity index (χ4n) is 0.941. The molecule has 1 aliphatic heterocycles. The zero-order valence-electron chi connectivity index (χ0n) is 6.28. The van der Waals surface area contributed by atoms with Crippen molar-refractivity contribution in [2.45, 2.75) is 11.7 Å². The second kappa shape index (κ2) is 3.67. The summed E-state index contributed by atoms with van der Waals surface area (Å²) in [6, 6.07) is 0. The molecule has 0 saturated carbocycles. The average Bonchev–Trinajstić information content (AvgIpc) is 2.04. The molecule has 0 saturated heterocycles. The van der Waals surface area contributed by atoms with Crippen molar-refractivity contribution < 1.29 is 13.7 Å². The molecule has 11 heavy (non-hydrogen) atoms. The Hall–Kier alpha value is -0.640. The first-order valence-corrected chi connectivity index (χ1v) is 4.74. The predicted molar refractivity (Wildman–Crippen MR) is 42.6 cm³/mol. The molecule has 0 amide bonds. The third-order valence-corrected chi connectivity index (χ3v) is 3.10. The lowest BCUT2D eigenvalue weighted by molar-refractivity contribution is -0.139. The molecular formula is C7H10O3S. The summed E-state index contributed by atoms with van der Waals surface area (Å²) in [5, 5.41) is -0.440. The van der Waals surface area contributed by atoms with E-state index in [1.165, 1.54) is 7.11 Å². The number of hydrogen-bond acceptors (Lipinski definition) is 3. The normalized spacial score (nSPS) is 29.9. The Morgan fingerprint density at radius 2 is 2.36 bits per heavy atom. The third kappa shape index (κ3) is 1.89. The Labute approximate surface area is 67.9 Å². The van der Waals surface area contributed by atoms with Crippen LogP contribution in [0.4, 0.5) is 0 Å². The summed E-state index contributed by atoms with van der Waals surface area (Å²) in [5.74, 6) is 0.104. The van der Waals surface area contributed by atoms with Gasteiger partial charge in [0.25, 0.3) is 0 Å². The third-order valence-electron chi connectivity index (χ3n) is 1.56. The van der Waals surface area contributed by atoms with Crippen molar-refractivity contribution in [3.05, 3.63) is 12.2 Å². The lowest BCUT2D eigenvalue weighted by Gasteiger charge is -2.14. The van der Waals surface area contributed by atoms with Gasteiger partial charge in [0.15, 0.2) is 0 Å². The number of carbonyl (C=O) groups excluding carboxylic acids is 1. The van der Waals surface area contributed by atoms with Gasteiger partial charge < -0.3 is 4.74 Å². The van der Waals surface area contributed by atoms with E-state index in [2.05, 4.69) is 4.74 Å². The second-order valence-electron chi connectivity index (χ2n) is 2.27. The fourth-order valence-corrected chi connectivity index (χ4v) is 2.14. The number of ether oxygens (including phenoxy) is 1. The molecule has 0 radical (unpaired) electrons. The maximum atomic E-state index is 11.2. The summed E-state index contributed by atoms with van der Waals surface area (Å²) < 4.78 is 15.6. The molecule has 0 spiro atoms. The minimum absolute atomic E-state index is 0.368. The van der Waals surface area contributed by atoms with Crippen LogP contribution >= 0.6 is 0 Å². The monoisotopic (exact) mass is 174 g/mol. The zero-order valence-corrected chi connectivity index (χ0v) is 7.10. The van der Waals surface area contributed by atoms with Crippen LogP contribution in [-0.2, 0) is 20.3 Å². The van der Waals surface area contributed by atoms with Crippen molar-refractivity contribution in [3.63, 3.8) is 0 Å². The molecule has 0 N–H and O–H groups in total. The van der Waals surface area contributed by atoms with Gasteiger partial charge in [0.05, 0.1) is 7.11 Å². The molecule has 62 valence electrons. The molecule has 0 aromatic heterocycles. The fraction of sp³-hybridized carbons (Fsp3) is 0.571. The Kier molecular flexibility index (Phi) is 2.82. The Morgan fingerprint density at radius 3 is 2.91 bits per heavy atom. The van der Waals surface area contributed by atoms with Gasteiger partial charge >= 0.3 is 5.97 Å². The van der Waals surface area contributed by atoms with Crippen molar-refractivity contribution in [2.24, 2.45) is 0 Å². The zero-order chi connectivity index (χ0) is 8.27. The van der Waals surface area contributed by atoms with Crippen molar-refractivity contribution in [1.82, 2.24) is 0 Å². The van der Waals surface area contributed by atoms with E-state index >= 15 is 0 Å². The maximum Gasteiger partial charge on any atom is 0.321 e. The molecular weight excluding hydrogens is 164 g/mol. The molecule has 0 aromatic carbocycles. The minimum Gasteiger partial charge on any atom is -0.468 e. The van der Waals surface area contributed by atoms with Crippen molar-refractivity contribution >= 4 is 16.8 Å². The van der Waals surface area contributed by atoms with Crippen LogP contribution in [-0.4, -0.2) is 28.3 Å². The predicted octanol–water partition coefficient (Wildman–Crippen LogP) is 0.237. The van der Waals surface area contributed by atoms with E-state index in [1.807, 2.05) is 12.2 Å². The van der Waals surface area contributed by atoms with E-state index in [0.29, 0.717) is 12.2 Å². The van der Waals surface area contributed by atoms with E-state index in [-0.39, 0.29) is 5.97 Å². The van der Waals surface area contributed by atoms with E-state index in [9.17, 15) is 9.00 Å². The molecule has 3 nitrogen and oxygen atoms in total. The lowest BCUT2D eigenvalue weighted by atomic mass is 10.3. The van der Waals surface area contributed by atoms with Crippen LogP contribution in [0, 0.1) is 0 Å². The van der Waals surface area contributed by atoms with Crippen LogP contribution in [0.2, 0.25) is 0 Å². The largest absolute Gasteiger partial charge is 0.468 e. The van der Waals surface area contributed by atoms with Gasteiger partial charge in [0.2, 0.25) is 0 Å². The number of methoxy groups -OCH3 is 1. The smallest absolute Gasteiger partial charge is 0.321 e. The molecule has 1 aliphatic rings. The van der Waals surface area contributed by atoms with E-state index in [4.69, 9.17) is 0 Å². The lowest BCUT2D eigenvalue weighted by Crippen LogP contribution is -2.29. The molecule has 1 rings (SSSR count). The van der Waals surface area contributed by atoms with Crippen molar-refractivity contribution in [2.75, 3.05) is 12.9 Å². The summed E-state index contributed by atoms with van der Waals surface area (Å²) in [6.45, 7) is 0. The Morgan fingerprint density at radius 1 is 1.64 bits per heavy atom. The highest BCUT2D eigenvalue weighted by Crippen LogP contribution is 2.10. The van der Waals surface area contributed by atoms with Crippen LogP contribution in [0.1, 0.15) is 6.42 Å². The molecule has 2 atom stereocenters. The highest BCUT2D eigenvalue weighted by molar-refractivity contribution is 7.86. The van der Waals surface area contributed by atoms with Gasteiger partial charge in [-0.2, -0.15) is 0 Å². The van der Waals surface area contributed by atoms with Gasteiger partial charge in [0.1, 0.15) is 5.25 Å². The van der Waals surface area contributed by atoms with Gasteiger partial charge in [-0.1, -0.05) is 12.2 Å². The van der Waals surface area contributed by atoms with Gasteiger partial charge in [-0.25, -0.2) is 0 Å². The molecule has 2 unspecified atom stereocenters. The van der Waals surface area contributed by atoms with Crippen LogP contribution in [0.3, 0.4) is 0 Å². The highest BCUT2D eigenvalue weighted by atomic mass is 32.2. The minimum atomic E-state index is -1.07. The number of hydrogen-bond donors (Lipinski definition) is 0. The molecule has 4 heteroatoms. The summed E-state index contributed by atoms with van der Waals surface area (Å²) in [7, 11) is 0.248. The molecule has 0 aromatic rings. The van der Waals surface area contributed by atoms with Crippen LogP contribution in [0.15, 0.2) is 12.2 Å². The molecule has 1 heterocycles. The first-order valence-electron chi connectivity index (χ1n) is 3.35. The van der Waals surface area contributed by atoms with E-state index in [1.54, 1.807) is 0 Å². The summed E-state index contributed by atoms with van der Waals surface area (Å²) in [5.41, 5.74) is 0. The topological polar surface area (TPSA) is 43.4 Å². The summed E-state index contributed by atoms with van der Waals surface area (Å²) in [4.78, 5) is 10.9. The van der Waals surface area contributed by atoms with Crippen molar-refractivity contribution in [1.29, 1.82) is 0 Å². The molecule has 0 aliphatic carbocycles. The van der Waals surface area contributed by atoms with Crippen LogP contribution in [0.5, 0.6) is 0 Å². The first-order chi connectivity index (χ1) is 5.25. The maximum absolute atomic E-state index is 11.2. The Bertz CT molecular complexity index is 210. The van der Waals surface area contributed by atoms with Crippen LogP contribution in [0.25, 0.3) is 0 Å². The van der Waals surface area contributed by atoms with Gasteiger partial charge in [0, 0.05) is 16.6 Å². The highest BCUT2D eigenvalue weighted by Gasteiger charge is 2.25. The standard InChI is InChI=1S/C7H10O3S/c1-10-7(8)6-4-2-3-5-11(6)9/h2-3,6H,4-5H2,1H3. The number of rotatable bonds is 1. The quantitative estimate of drug-likeness (QED) is 0.422. The molecule has 0 bridgehead atoms. The van der Waals surface area contributed by atoms with Crippen LogP contribution < -0.4 is 0 Å². The van der Waals surface area contributed by atoms with E-state index in [0.717, 1.165) is 0 Å².